The second-order valence-electron chi connectivity index (χ2n) is 11.7. The number of benzene rings is 2. The van der Waals surface area contributed by atoms with E-state index in [0.717, 1.165) is 17.5 Å². The van der Waals surface area contributed by atoms with Crippen molar-refractivity contribution < 1.29 is 23.8 Å². The number of rotatable bonds is 10. The number of carboxylic acid groups (broad SMARTS) is 1. The van der Waals surface area contributed by atoms with Gasteiger partial charge in [-0.15, -0.1) is 0 Å². The molecule has 2 aromatic carbocycles. The lowest BCUT2D eigenvalue weighted by Crippen LogP contribution is -2.59. The number of piperazine rings is 1. The smallest absolute Gasteiger partial charge is 0.335 e. The highest BCUT2D eigenvalue weighted by Gasteiger charge is 2.42. The molecule has 0 aliphatic carbocycles. The van der Waals surface area contributed by atoms with E-state index >= 15 is 0 Å². The predicted molar refractivity (Wildman–Crippen MR) is 175 cm³/mol. The van der Waals surface area contributed by atoms with Crippen molar-refractivity contribution in [1.29, 1.82) is 0 Å². The van der Waals surface area contributed by atoms with Gasteiger partial charge in [-0.1, -0.05) is 35.3 Å². The molecule has 7 rings (SSSR count). The number of imidazole rings is 2. The third-order valence-electron chi connectivity index (χ3n) is 8.88. The molecule has 0 spiro atoms. The van der Waals surface area contributed by atoms with Gasteiger partial charge in [-0.05, 0) is 37.3 Å². The zero-order chi connectivity index (χ0) is 32.7. The summed E-state index contributed by atoms with van der Waals surface area (Å²) < 4.78 is 30.3. The molecule has 14 heteroatoms. The first-order valence-electron chi connectivity index (χ1n) is 15.3. The number of fused-ring (bicyclic) bond motifs is 2. The summed E-state index contributed by atoms with van der Waals surface area (Å²) in [6.45, 7) is 6.18. The maximum atomic E-state index is 14.3. The van der Waals surface area contributed by atoms with Crippen LogP contribution in [0.1, 0.15) is 27.6 Å². The molecule has 11 nitrogen and oxygen atoms in total. The van der Waals surface area contributed by atoms with E-state index in [9.17, 15) is 14.3 Å². The SMILES string of the molecule is Cc1nccn1CCn1c(CN2CCN(c3cccc(OCc4ccc(Cl)cc4F)n3)[C@H]3COC[C@H]32)nc2c(Cl)cc(C(=O)O)cc21. The van der Waals surface area contributed by atoms with Crippen molar-refractivity contribution in [2.24, 2.45) is 0 Å². The molecule has 0 radical (unpaired) electrons. The summed E-state index contributed by atoms with van der Waals surface area (Å²) in [5, 5.41) is 10.4. The number of hydrogen-bond donors (Lipinski definition) is 1. The van der Waals surface area contributed by atoms with Gasteiger partial charge in [-0.2, -0.15) is 4.98 Å². The lowest BCUT2D eigenvalue weighted by atomic mass is 10.0. The molecule has 2 aliphatic heterocycles. The van der Waals surface area contributed by atoms with Crippen molar-refractivity contribution in [2.45, 2.75) is 45.2 Å². The Morgan fingerprint density at radius 3 is 2.72 bits per heavy atom. The Labute approximate surface area is 280 Å². The van der Waals surface area contributed by atoms with Crippen LogP contribution in [0.5, 0.6) is 5.88 Å². The third kappa shape index (κ3) is 6.38. The van der Waals surface area contributed by atoms with Gasteiger partial charge in [0.2, 0.25) is 5.88 Å². The summed E-state index contributed by atoms with van der Waals surface area (Å²) in [4.78, 5) is 30.5. The maximum absolute atomic E-state index is 14.3. The number of hydrogen-bond acceptors (Lipinski definition) is 8. The van der Waals surface area contributed by atoms with Gasteiger partial charge in [0, 0.05) is 55.2 Å². The van der Waals surface area contributed by atoms with Gasteiger partial charge in [0.05, 0.1) is 47.9 Å². The number of anilines is 1. The Bertz CT molecular complexity index is 1950. The Kier molecular flexibility index (Phi) is 8.75. The number of pyridine rings is 1. The van der Waals surface area contributed by atoms with Crippen LogP contribution in [0, 0.1) is 12.7 Å². The number of nitrogens with zero attached hydrogens (tertiary/aromatic N) is 7. The highest BCUT2D eigenvalue weighted by atomic mass is 35.5. The van der Waals surface area contributed by atoms with Crippen LogP contribution in [0.3, 0.4) is 0 Å². The summed E-state index contributed by atoms with van der Waals surface area (Å²) in [5.74, 6) is 1.37. The molecule has 2 saturated heterocycles. The second kappa shape index (κ2) is 13.1. The van der Waals surface area contributed by atoms with Crippen LogP contribution in [-0.4, -0.2) is 78.4 Å². The topological polar surface area (TPSA) is 111 Å². The molecule has 1 N–H and O–H groups in total. The number of carboxylic acids is 1. The average molecular weight is 681 g/mol. The van der Waals surface area contributed by atoms with Crippen molar-refractivity contribution in [3.8, 4) is 5.88 Å². The average Bonchev–Trinajstić information content (AvgIpc) is 3.79. The van der Waals surface area contributed by atoms with Crippen LogP contribution < -0.4 is 9.64 Å². The molecule has 2 atom stereocenters. The van der Waals surface area contributed by atoms with Crippen molar-refractivity contribution in [1.82, 2.24) is 29.0 Å². The molecule has 2 fully saturated rings. The van der Waals surface area contributed by atoms with Gasteiger partial charge in [-0.25, -0.2) is 19.2 Å². The Morgan fingerprint density at radius 1 is 1.09 bits per heavy atom. The van der Waals surface area contributed by atoms with Crippen LogP contribution in [0.15, 0.2) is 60.9 Å². The van der Waals surface area contributed by atoms with Gasteiger partial charge >= 0.3 is 5.97 Å². The monoisotopic (exact) mass is 679 g/mol. The Morgan fingerprint density at radius 2 is 1.94 bits per heavy atom. The van der Waals surface area contributed by atoms with Gasteiger partial charge in [0.1, 0.15) is 35.4 Å². The van der Waals surface area contributed by atoms with Crippen molar-refractivity contribution in [3.63, 3.8) is 0 Å². The zero-order valence-electron chi connectivity index (χ0n) is 25.5. The fourth-order valence-electron chi connectivity index (χ4n) is 6.41. The Balaban J connectivity index is 1.12. The standard InChI is InChI=1S/C33H32Cl2FN7O4/c1-20-37-7-8-40(20)9-11-42-26-14-22(33(44)45)13-24(35)32(26)39-30(42)16-41-10-12-43(28-19-46-18-27(28)41)29-3-2-4-31(38-29)47-17-21-5-6-23(34)15-25(21)36/h2-8,13-15,27-28H,9-12,16-19H2,1H3,(H,44,45)/t27-,28+/m1/s1. The second-order valence-corrected chi connectivity index (χ2v) is 12.5. The summed E-state index contributed by atoms with van der Waals surface area (Å²) in [7, 11) is 0. The van der Waals surface area contributed by atoms with Crippen LogP contribution in [0.2, 0.25) is 10.0 Å². The maximum Gasteiger partial charge on any atom is 0.335 e. The summed E-state index contributed by atoms with van der Waals surface area (Å²) in [6, 6.07) is 13.3. The molecule has 244 valence electrons. The lowest BCUT2D eigenvalue weighted by molar-refractivity contribution is 0.0697. The van der Waals surface area contributed by atoms with E-state index in [1.807, 2.05) is 25.3 Å². The van der Waals surface area contributed by atoms with Crippen LogP contribution >= 0.6 is 23.2 Å². The van der Waals surface area contributed by atoms with Crippen LogP contribution in [-0.2, 0) is 31.0 Å². The van der Waals surface area contributed by atoms with E-state index in [2.05, 4.69) is 23.9 Å². The predicted octanol–water partition coefficient (Wildman–Crippen LogP) is 5.45. The lowest BCUT2D eigenvalue weighted by Gasteiger charge is -2.44. The normalized spacial score (nSPS) is 18.2. The molecule has 0 bridgehead atoms. The first-order chi connectivity index (χ1) is 22.7. The molecular formula is C33H32Cl2FN7O4. The molecule has 0 unspecified atom stereocenters. The molecule has 3 aromatic heterocycles. The van der Waals surface area contributed by atoms with Crippen LogP contribution in [0.25, 0.3) is 11.0 Å². The molecule has 0 amide bonds. The number of ether oxygens (including phenoxy) is 2. The number of aromatic nitrogens is 5. The highest BCUT2D eigenvalue weighted by Crippen LogP contribution is 2.32. The van der Waals surface area contributed by atoms with E-state index in [1.54, 1.807) is 30.5 Å². The highest BCUT2D eigenvalue weighted by molar-refractivity contribution is 6.35. The summed E-state index contributed by atoms with van der Waals surface area (Å²) in [6.07, 6.45) is 3.69. The minimum atomic E-state index is -1.05. The summed E-state index contributed by atoms with van der Waals surface area (Å²) in [5.41, 5.74) is 1.77. The van der Waals surface area contributed by atoms with Gasteiger partial charge in [0.15, 0.2) is 0 Å². The van der Waals surface area contributed by atoms with Crippen molar-refractivity contribution in [2.75, 3.05) is 31.2 Å². The Hall–Kier alpha value is -4.23. The minimum Gasteiger partial charge on any atom is -0.478 e. The third-order valence-corrected chi connectivity index (χ3v) is 9.40. The molecule has 5 aromatic rings. The number of halogens is 3. The van der Waals surface area contributed by atoms with E-state index in [-0.39, 0.29) is 24.3 Å². The minimum absolute atomic E-state index is 0.0296. The van der Waals surface area contributed by atoms with E-state index in [4.69, 9.17) is 42.6 Å². The molecule has 5 heterocycles. The fourth-order valence-corrected chi connectivity index (χ4v) is 6.83. The van der Waals surface area contributed by atoms with E-state index < -0.39 is 11.8 Å². The fraction of sp³-hybridized carbons (Fsp3) is 0.333. The first-order valence-corrected chi connectivity index (χ1v) is 16.0. The number of aryl methyl sites for hydroxylation is 3. The molecular weight excluding hydrogens is 648 g/mol. The van der Waals surface area contributed by atoms with Crippen molar-refractivity contribution >= 4 is 46.0 Å². The largest absolute Gasteiger partial charge is 0.478 e. The quantitative estimate of drug-likeness (QED) is 0.206. The number of carbonyl (C=O) groups is 1. The summed E-state index contributed by atoms with van der Waals surface area (Å²) >= 11 is 12.5. The van der Waals surface area contributed by atoms with Gasteiger partial charge in [-0.3, -0.25) is 4.90 Å². The van der Waals surface area contributed by atoms with Gasteiger partial charge in [0.25, 0.3) is 0 Å². The van der Waals surface area contributed by atoms with Crippen LogP contribution in [0.4, 0.5) is 10.2 Å². The van der Waals surface area contributed by atoms with E-state index in [0.29, 0.717) is 78.5 Å². The van der Waals surface area contributed by atoms with E-state index in [1.165, 1.54) is 12.1 Å². The van der Waals surface area contributed by atoms with Gasteiger partial charge < -0.3 is 28.6 Å². The molecule has 0 saturated carbocycles. The zero-order valence-corrected chi connectivity index (χ0v) is 27.0. The molecule has 47 heavy (non-hydrogen) atoms. The molecule has 2 aliphatic rings. The first kappa shape index (κ1) is 31.4. The number of aromatic carboxylic acids is 1. The van der Waals surface area contributed by atoms with Crippen molar-refractivity contribution in [3.05, 3.63) is 99.6 Å².